The van der Waals surface area contributed by atoms with Gasteiger partial charge in [0, 0.05) is 10.0 Å². The summed E-state index contributed by atoms with van der Waals surface area (Å²) in [4.78, 5) is 14.5. The van der Waals surface area contributed by atoms with E-state index in [1.54, 1.807) is 18.2 Å². The van der Waals surface area contributed by atoms with Crippen LogP contribution in [0.5, 0.6) is 5.75 Å². The number of hydrogen-bond acceptors (Lipinski definition) is 5. The first kappa shape index (κ1) is 20.6. The molecule has 146 valence electrons. The van der Waals surface area contributed by atoms with Gasteiger partial charge in [-0.1, -0.05) is 58.9 Å². The van der Waals surface area contributed by atoms with Gasteiger partial charge in [0.1, 0.15) is 5.75 Å². The van der Waals surface area contributed by atoms with Crippen molar-refractivity contribution in [2.24, 2.45) is 10.2 Å². The molecule has 1 aliphatic heterocycles. The van der Waals surface area contributed by atoms with Crippen LogP contribution in [0.25, 0.3) is 0 Å². The molecule has 1 amide bonds. The molecule has 1 aliphatic rings. The van der Waals surface area contributed by atoms with Crippen molar-refractivity contribution >= 4 is 45.0 Å². The quantitative estimate of drug-likeness (QED) is 0.450. The third-order valence-electron chi connectivity index (χ3n) is 4.51. The third kappa shape index (κ3) is 4.64. The van der Waals surface area contributed by atoms with Crippen LogP contribution in [0.3, 0.4) is 0 Å². The van der Waals surface area contributed by atoms with Crippen LogP contribution in [0.4, 0.5) is 0 Å². The van der Waals surface area contributed by atoms with Crippen molar-refractivity contribution in [2.45, 2.75) is 32.1 Å². The Morgan fingerprint density at radius 1 is 1.29 bits per heavy atom. The van der Waals surface area contributed by atoms with E-state index in [2.05, 4.69) is 39.1 Å². The number of carbonyl (C=O) groups excluding carboxylic acids is 1. The first-order valence-corrected chi connectivity index (χ1v) is 10.7. The molecule has 1 heterocycles. The van der Waals surface area contributed by atoms with Crippen LogP contribution in [-0.4, -0.2) is 34.5 Å². The van der Waals surface area contributed by atoms with Gasteiger partial charge in [0.2, 0.25) is 5.91 Å². The van der Waals surface area contributed by atoms with Crippen molar-refractivity contribution < 1.29 is 9.53 Å². The average Bonchev–Trinajstić information content (AvgIpc) is 2.99. The van der Waals surface area contributed by atoms with E-state index in [-0.39, 0.29) is 11.2 Å². The lowest BCUT2D eigenvalue weighted by Gasteiger charge is -2.17. The van der Waals surface area contributed by atoms with Gasteiger partial charge in [0.15, 0.2) is 5.17 Å². The number of methoxy groups -OCH3 is 1. The lowest BCUT2D eigenvalue weighted by atomic mass is 10.1. The maximum atomic E-state index is 12.8. The van der Waals surface area contributed by atoms with Crippen LogP contribution in [0.1, 0.15) is 30.0 Å². The van der Waals surface area contributed by atoms with Crippen LogP contribution in [-0.2, 0) is 11.3 Å². The largest absolute Gasteiger partial charge is 0.496 e. The van der Waals surface area contributed by atoms with Gasteiger partial charge in [-0.3, -0.25) is 9.69 Å². The first-order chi connectivity index (χ1) is 13.5. The number of hydrogen-bond donors (Lipinski definition) is 0. The van der Waals surface area contributed by atoms with Crippen molar-refractivity contribution in [1.82, 2.24) is 4.90 Å². The summed E-state index contributed by atoms with van der Waals surface area (Å²) >= 11 is 4.92. The number of carbonyl (C=O) groups is 1. The fourth-order valence-corrected chi connectivity index (χ4v) is 4.30. The van der Waals surface area contributed by atoms with Gasteiger partial charge >= 0.3 is 0 Å². The summed E-state index contributed by atoms with van der Waals surface area (Å²) < 4.78 is 6.29. The van der Waals surface area contributed by atoms with Gasteiger partial charge in [0.05, 0.1) is 25.1 Å². The fourth-order valence-electron chi connectivity index (χ4n) is 2.89. The molecule has 7 heteroatoms. The summed E-state index contributed by atoms with van der Waals surface area (Å²) in [5, 5.41) is 9.12. The van der Waals surface area contributed by atoms with Gasteiger partial charge in [-0.25, -0.2) is 0 Å². The van der Waals surface area contributed by atoms with Crippen molar-refractivity contribution in [3.05, 3.63) is 63.6 Å². The first-order valence-electron chi connectivity index (χ1n) is 9.00. The highest BCUT2D eigenvalue weighted by Crippen LogP contribution is 2.31. The second kappa shape index (κ2) is 9.39. The predicted octanol–water partition coefficient (Wildman–Crippen LogP) is 5.01. The van der Waals surface area contributed by atoms with Gasteiger partial charge in [-0.05, 0) is 42.7 Å². The Bertz CT molecular complexity index is 930. The number of halogens is 1. The molecular weight excluding hydrogens is 438 g/mol. The summed E-state index contributed by atoms with van der Waals surface area (Å²) in [6.07, 6.45) is 2.41. The molecule has 1 fully saturated rings. The summed E-state index contributed by atoms with van der Waals surface area (Å²) in [6.45, 7) is 4.57. The van der Waals surface area contributed by atoms with E-state index < -0.39 is 0 Å². The Balaban J connectivity index is 1.86. The van der Waals surface area contributed by atoms with E-state index in [0.29, 0.717) is 17.5 Å². The second-order valence-electron chi connectivity index (χ2n) is 6.38. The number of amidine groups is 1. The molecule has 0 saturated carbocycles. The van der Waals surface area contributed by atoms with Gasteiger partial charge < -0.3 is 4.74 Å². The van der Waals surface area contributed by atoms with Gasteiger partial charge in [-0.2, -0.15) is 5.10 Å². The van der Waals surface area contributed by atoms with E-state index in [0.717, 1.165) is 27.6 Å². The van der Waals surface area contributed by atoms with Crippen LogP contribution in [0.2, 0.25) is 0 Å². The number of benzene rings is 2. The summed E-state index contributed by atoms with van der Waals surface area (Å²) in [6, 6.07) is 13.8. The Hall–Kier alpha value is -2.12. The SMILES string of the molecule is CCC1SC(=NN=Cc2cc(Br)ccc2OC)N(Cc2ccccc2C)C1=O. The molecule has 5 nitrogen and oxygen atoms in total. The molecule has 0 aromatic heterocycles. The van der Waals surface area contributed by atoms with E-state index in [9.17, 15) is 4.79 Å². The van der Waals surface area contributed by atoms with E-state index in [1.807, 2.05) is 43.3 Å². The number of amides is 1. The Kier molecular flexibility index (Phi) is 6.91. The van der Waals surface area contributed by atoms with E-state index in [4.69, 9.17) is 4.74 Å². The molecule has 1 unspecified atom stereocenters. The van der Waals surface area contributed by atoms with Gasteiger partial charge in [-0.15, -0.1) is 5.10 Å². The molecule has 0 N–H and O–H groups in total. The zero-order valence-corrected chi connectivity index (χ0v) is 18.5. The molecule has 0 bridgehead atoms. The number of aryl methyl sites for hydroxylation is 1. The number of ether oxygens (including phenoxy) is 1. The minimum Gasteiger partial charge on any atom is -0.496 e. The highest BCUT2D eigenvalue weighted by molar-refractivity contribution is 9.10. The number of thioether (sulfide) groups is 1. The van der Waals surface area contributed by atoms with Crippen LogP contribution in [0, 0.1) is 6.92 Å². The van der Waals surface area contributed by atoms with E-state index >= 15 is 0 Å². The zero-order valence-electron chi connectivity index (χ0n) is 16.1. The normalized spacial score (nSPS) is 18.4. The number of nitrogens with zero attached hydrogens (tertiary/aromatic N) is 3. The van der Waals surface area contributed by atoms with Crippen LogP contribution >= 0.6 is 27.7 Å². The Labute approximate surface area is 178 Å². The molecule has 0 radical (unpaired) electrons. The summed E-state index contributed by atoms with van der Waals surface area (Å²) in [5.41, 5.74) is 3.08. The van der Waals surface area contributed by atoms with Crippen molar-refractivity contribution in [2.75, 3.05) is 7.11 Å². The van der Waals surface area contributed by atoms with Crippen LogP contribution < -0.4 is 4.74 Å². The predicted molar refractivity (Wildman–Crippen MR) is 119 cm³/mol. The molecule has 0 aliphatic carbocycles. The van der Waals surface area contributed by atoms with E-state index in [1.165, 1.54) is 11.8 Å². The second-order valence-corrected chi connectivity index (χ2v) is 8.46. The molecular formula is C21H22BrN3O2S. The van der Waals surface area contributed by atoms with Crippen molar-refractivity contribution in [3.8, 4) is 5.75 Å². The Morgan fingerprint density at radius 2 is 2.07 bits per heavy atom. The molecule has 2 aromatic rings. The molecule has 3 rings (SSSR count). The van der Waals surface area contributed by atoms with Crippen molar-refractivity contribution in [1.29, 1.82) is 0 Å². The maximum Gasteiger partial charge on any atom is 0.242 e. The van der Waals surface area contributed by atoms with Crippen molar-refractivity contribution in [3.63, 3.8) is 0 Å². The molecule has 0 spiro atoms. The summed E-state index contributed by atoms with van der Waals surface area (Å²) in [7, 11) is 1.62. The summed E-state index contributed by atoms with van der Waals surface area (Å²) in [5.74, 6) is 0.801. The third-order valence-corrected chi connectivity index (χ3v) is 6.34. The van der Waals surface area contributed by atoms with Gasteiger partial charge in [0.25, 0.3) is 0 Å². The molecule has 28 heavy (non-hydrogen) atoms. The fraction of sp³-hybridized carbons (Fsp3) is 0.286. The number of rotatable bonds is 6. The zero-order chi connectivity index (χ0) is 20.1. The minimum atomic E-state index is -0.113. The Morgan fingerprint density at radius 3 is 2.79 bits per heavy atom. The highest BCUT2D eigenvalue weighted by Gasteiger charge is 2.37. The highest BCUT2D eigenvalue weighted by atomic mass is 79.9. The molecule has 1 saturated heterocycles. The topological polar surface area (TPSA) is 54.3 Å². The van der Waals surface area contributed by atoms with Crippen LogP contribution in [0.15, 0.2) is 57.1 Å². The smallest absolute Gasteiger partial charge is 0.242 e. The lowest BCUT2D eigenvalue weighted by Crippen LogP contribution is -2.31. The lowest BCUT2D eigenvalue weighted by molar-refractivity contribution is -0.126. The maximum absolute atomic E-state index is 12.8. The minimum absolute atomic E-state index is 0.0877. The molecule has 1 atom stereocenters. The standard InChI is InChI=1S/C21H22BrN3O2S/c1-4-19-20(26)25(13-15-8-6-5-7-14(15)2)21(28-19)24-23-12-16-11-17(22)9-10-18(16)27-3/h5-12,19H,4,13H2,1-3H3. The monoisotopic (exact) mass is 459 g/mol. The average molecular weight is 460 g/mol. The molecule has 2 aromatic carbocycles.